The topological polar surface area (TPSA) is 55.2 Å². The Bertz CT molecular complexity index is 856. The molecule has 2 aliphatic rings. The van der Waals surface area contributed by atoms with E-state index in [2.05, 4.69) is 4.98 Å². The summed E-state index contributed by atoms with van der Waals surface area (Å²) in [7, 11) is 0. The molecule has 1 saturated heterocycles. The first kappa shape index (κ1) is 16.3. The lowest BCUT2D eigenvalue weighted by Crippen LogP contribution is -2.51. The van der Waals surface area contributed by atoms with Gasteiger partial charge in [-0.15, -0.1) is 0 Å². The maximum Gasteiger partial charge on any atom is 0.261 e. The molecule has 0 radical (unpaired) electrons. The standard InChI is InChI=1S/C20H25N3O2/c1-14-21-17-10-4-3-9-16(17)20(25)23(14)13-19(24)22-12-6-8-15-7-2-5-11-18(15)22/h3-4,9-10,15,18H,2,5-8,11-13H2,1H3/t15-,18-/m0/s1. The summed E-state index contributed by atoms with van der Waals surface area (Å²) in [6, 6.07) is 7.71. The van der Waals surface area contributed by atoms with E-state index < -0.39 is 0 Å². The van der Waals surface area contributed by atoms with Crippen molar-refractivity contribution in [3.05, 3.63) is 40.4 Å². The summed E-state index contributed by atoms with van der Waals surface area (Å²) in [5, 5.41) is 0.579. The van der Waals surface area contributed by atoms with Crippen LogP contribution in [-0.2, 0) is 11.3 Å². The highest BCUT2D eigenvalue weighted by molar-refractivity contribution is 5.79. The van der Waals surface area contributed by atoms with Crippen molar-refractivity contribution in [1.29, 1.82) is 0 Å². The van der Waals surface area contributed by atoms with Crippen molar-refractivity contribution in [3.63, 3.8) is 0 Å². The van der Waals surface area contributed by atoms with Crippen LogP contribution in [0.3, 0.4) is 0 Å². The number of aromatic nitrogens is 2. The lowest BCUT2D eigenvalue weighted by molar-refractivity contribution is -0.138. The van der Waals surface area contributed by atoms with E-state index in [9.17, 15) is 9.59 Å². The van der Waals surface area contributed by atoms with E-state index in [0.29, 0.717) is 28.7 Å². The van der Waals surface area contributed by atoms with Gasteiger partial charge < -0.3 is 4.90 Å². The molecule has 2 fully saturated rings. The first-order valence-electron chi connectivity index (χ1n) is 9.41. The van der Waals surface area contributed by atoms with Crippen LogP contribution in [0.25, 0.3) is 10.9 Å². The minimum Gasteiger partial charge on any atom is -0.338 e. The van der Waals surface area contributed by atoms with Gasteiger partial charge in [0.15, 0.2) is 0 Å². The number of amides is 1. The smallest absolute Gasteiger partial charge is 0.261 e. The van der Waals surface area contributed by atoms with Gasteiger partial charge in [0, 0.05) is 12.6 Å². The minimum atomic E-state index is -0.117. The number of hydrogen-bond acceptors (Lipinski definition) is 3. The number of likely N-dealkylation sites (tertiary alicyclic amines) is 1. The highest BCUT2D eigenvalue weighted by Gasteiger charge is 2.35. The van der Waals surface area contributed by atoms with Crippen LogP contribution >= 0.6 is 0 Å². The monoisotopic (exact) mass is 339 g/mol. The molecule has 0 spiro atoms. The Hall–Kier alpha value is -2.17. The first-order valence-corrected chi connectivity index (χ1v) is 9.41. The van der Waals surface area contributed by atoms with E-state index in [1.54, 1.807) is 13.0 Å². The number of benzene rings is 1. The van der Waals surface area contributed by atoms with Crippen molar-refractivity contribution in [2.24, 2.45) is 5.92 Å². The Morgan fingerprint density at radius 1 is 1.16 bits per heavy atom. The van der Waals surface area contributed by atoms with Crippen LogP contribution in [0.5, 0.6) is 0 Å². The molecule has 5 nitrogen and oxygen atoms in total. The highest BCUT2D eigenvalue weighted by Crippen LogP contribution is 2.35. The van der Waals surface area contributed by atoms with Crippen LogP contribution in [0, 0.1) is 12.8 Å². The molecule has 1 amide bonds. The second kappa shape index (κ2) is 6.62. The molecule has 0 bridgehead atoms. The van der Waals surface area contributed by atoms with Crippen molar-refractivity contribution >= 4 is 16.8 Å². The van der Waals surface area contributed by atoms with Crippen LogP contribution < -0.4 is 5.56 Å². The Morgan fingerprint density at radius 2 is 1.92 bits per heavy atom. The predicted molar refractivity (Wildman–Crippen MR) is 97.4 cm³/mol. The van der Waals surface area contributed by atoms with E-state index in [4.69, 9.17) is 0 Å². The van der Waals surface area contributed by atoms with E-state index in [1.165, 1.54) is 30.3 Å². The average Bonchev–Trinajstić information content (AvgIpc) is 2.64. The summed E-state index contributed by atoms with van der Waals surface area (Å²) in [6.07, 6.45) is 7.17. The Balaban J connectivity index is 1.62. The SMILES string of the molecule is Cc1nc2ccccc2c(=O)n1CC(=O)N1CCC[C@@H]2CCCC[C@@H]21. The fourth-order valence-electron chi connectivity index (χ4n) is 4.63. The van der Waals surface area contributed by atoms with Crippen molar-refractivity contribution < 1.29 is 4.79 Å². The molecule has 1 aliphatic heterocycles. The lowest BCUT2D eigenvalue weighted by atomic mass is 9.78. The fourth-order valence-corrected chi connectivity index (χ4v) is 4.63. The second-order valence-electron chi connectivity index (χ2n) is 7.41. The molecule has 0 unspecified atom stereocenters. The number of para-hydroxylation sites is 1. The maximum absolute atomic E-state index is 13.0. The zero-order valence-electron chi connectivity index (χ0n) is 14.8. The fraction of sp³-hybridized carbons (Fsp3) is 0.550. The van der Waals surface area contributed by atoms with E-state index in [-0.39, 0.29) is 18.0 Å². The molecule has 2 aromatic rings. The summed E-state index contributed by atoms with van der Waals surface area (Å²) in [6.45, 7) is 2.74. The van der Waals surface area contributed by atoms with Gasteiger partial charge in [0.25, 0.3) is 5.56 Å². The quantitative estimate of drug-likeness (QED) is 0.845. The third-order valence-electron chi connectivity index (χ3n) is 5.91. The van der Waals surface area contributed by atoms with E-state index in [0.717, 1.165) is 19.4 Å². The number of carbonyl (C=O) groups excluding carboxylic acids is 1. The van der Waals surface area contributed by atoms with Crippen LogP contribution in [0.2, 0.25) is 0 Å². The van der Waals surface area contributed by atoms with Crippen molar-refractivity contribution in [2.45, 2.75) is 58.0 Å². The van der Waals surface area contributed by atoms with Gasteiger partial charge in [0.05, 0.1) is 10.9 Å². The van der Waals surface area contributed by atoms with Crippen LogP contribution in [0.4, 0.5) is 0 Å². The molecule has 25 heavy (non-hydrogen) atoms. The molecular weight excluding hydrogens is 314 g/mol. The number of nitrogens with zero attached hydrogens (tertiary/aromatic N) is 3. The number of piperidine rings is 1. The summed E-state index contributed by atoms with van der Waals surface area (Å²) >= 11 is 0. The molecule has 132 valence electrons. The Labute approximate surface area is 147 Å². The third kappa shape index (κ3) is 2.96. The molecule has 1 aromatic heterocycles. The second-order valence-corrected chi connectivity index (χ2v) is 7.41. The molecule has 1 aromatic carbocycles. The van der Waals surface area contributed by atoms with Gasteiger partial charge in [-0.2, -0.15) is 0 Å². The van der Waals surface area contributed by atoms with Crippen molar-refractivity contribution in [3.8, 4) is 0 Å². The van der Waals surface area contributed by atoms with Crippen molar-refractivity contribution in [2.75, 3.05) is 6.54 Å². The minimum absolute atomic E-state index is 0.0684. The normalized spacial score (nSPS) is 23.5. The highest BCUT2D eigenvalue weighted by atomic mass is 16.2. The lowest BCUT2D eigenvalue weighted by Gasteiger charge is -2.44. The zero-order chi connectivity index (χ0) is 17.4. The molecular formula is C20H25N3O2. The average molecular weight is 339 g/mol. The molecule has 0 N–H and O–H groups in total. The molecule has 2 atom stereocenters. The molecule has 2 heterocycles. The van der Waals surface area contributed by atoms with Crippen molar-refractivity contribution in [1.82, 2.24) is 14.5 Å². The molecule has 5 heteroatoms. The van der Waals surface area contributed by atoms with E-state index >= 15 is 0 Å². The van der Waals surface area contributed by atoms with Gasteiger partial charge in [0.1, 0.15) is 12.4 Å². The summed E-state index contributed by atoms with van der Waals surface area (Å²) < 4.78 is 1.54. The van der Waals surface area contributed by atoms with Gasteiger partial charge in [-0.1, -0.05) is 25.0 Å². The first-order chi connectivity index (χ1) is 12.1. The maximum atomic E-state index is 13.0. The van der Waals surface area contributed by atoms with Gasteiger partial charge in [0.2, 0.25) is 5.91 Å². The van der Waals surface area contributed by atoms with Gasteiger partial charge in [-0.05, 0) is 50.7 Å². The third-order valence-corrected chi connectivity index (χ3v) is 5.91. The summed E-state index contributed by atoms with van der Waals surface area (Å²) in [5.41, 5.74) is 0.577. The van der Waals surface area contributed by atoms with Crippen LogP contribution in [0.15, 0.2) is 29.1 Å². The summed E-state index contributed by atoms with van der Waals surface area (Å²) in [5.74, 6) is 1.33. The largest absolute Gasteiger partial charge is 0.338 e. The molecule has 1 saturated carbocycles. The Kier molecular flexibility index (Phi) is 4.32. The number of aryl methyl sites for hydroxylation is 1. The van der Waals surface area contributed by atoms with Gasteiger partial charge >= 0.3 is 0 Å². The predicted octanol–water partition coefficient (Wildman–Crippen LogP) is 2.89. The number of rotatable bonds is 2. The number of fused-ring (bicyclic) bond motifs is 2. The zero-order valence-corrected chi connectivity index (χ0v) is 14.8. The van der Waals surface area contributed by atoms with Gasteiger partial charge in [-0.25, -0.2) is 4.98 Å². The van der Waals surface area contributed by atoms with Crippen LogP contribution in [-0.4, -0.2) is 32.9 Å². The number of carbonyl (C=O) groups is 1. The molecule has 4 rings (SSSR count). The number of hydrogen-bond donors (Lipinski definition) is 0. The Morgan fingerprint density at radius 3 is 2.80 bits per heavy atom. The van der Waals surface area contributed by atoms with E-state index in [1.807, 2.05) is 23.1 Å². The molecule has 1 aliphatic carbocycles. The van der Waals surface area contributed by atoms with Crippen LogP contribution in [0.1, 0.15) is 44.3 Å². The summed E-state index contributed by atoms with van der Waals surface area (Å²) in [4.78, 5) is 32.4. The van der Waals surface area contributed by atoms with Gasteiger partial charge in [-0.3, -0.25) is 14.2 Å².